The van der Waals surface area contributed by atoms with Gasteiger partial charge in [-0.15, -0.1) is 11.6 Å². The molecule has 0 aromatic heterocycles. The summed E-state index contributed by atoms with van der Waals surface area (Å²) >= 11 is 6.03. The highest BCUT2D eigenvalue weighted by Gasteiger charge is 2.32. The van der Waals surface area contributed by atoms with Crippen LogP contribution in [0.1, 0.15) is 64.7 Å². The lowest BCUT2D eigenvalue weighted by molar-refractivity contribution is -0.124. The van der Waals surface area contributed by atoms with Gasteiger partial charge in [0, 0.05) is 25.5 Å². The van der Waals surface area contributed by atoms with Crippen molar-refractivity contribution >= 4 is 17.5 Å². The Labute approximate surface area is 122 Å². The van der Waals surface area contributed by atoms with Crippen LogP contribution in [0.2, 0.25) is 0 Å². The van der Waals surface area contributed by atoms with E-state index in [0.717, 1.165) is 25.7 Å². The van der Waals surface area contributed by atoms with Gasteiger partial charge in [0.25, 0.3) is 0 Å². The van der Waals surface area contributed by atoms with Crippen LogP contribution in [0.3, 0.4) is 0 Å². The van der Waals surface area contributed by atoms with Crippen molar-refractivity contribution in [1.29, 1.82) is 0 Å². The standard InChI is InChI=1S/C15H28ClNO2/c1-2-3-4-5-6-7-8-14(18)17-15(13-16)9-11-19-12-10-15/h2-13H2,1H3,(H,17,18). The predicted molar refractivity (Wildman–Crippen MR) is 79.6 cm³/mol. The number of ether oxygens (including phenoxy) is 1. The number of hydrogen-bond donors (Lipinski definition) is 1. The molecule has 1 saturated heterocycles. The fourth-order valence-electron chi connectivity index (χ4n) is 2.48. The van der Waals surface area contributed by atoms with Crippen LogP contribution in [-0.4, -0.2) is 30.5 Å². The minimum absolute atomic E-state index is 0.151. The second kappa shape index (κ2) is 9.60. The zero-order valence-corrected chi connectivity index (χ0v) is 12.9. The lowest BCUT2D eigenvalue weighted by atomic mass is 9.92. The molecule has 0 aromatic rings. The van der Waals surface area contributed by atoms with Crippen LogP contribution in [0, 0.1) is 0 Å². The van der Waals surface area contributed by atoms with Crippen molar-refractivity contribution < 1.29 is 9.53 Å². The van der Waals surface area contributed by atoms with Gasteiger partial charge in [0.2, 0.25) is 5.91 Å². The van der Waals surface area contributed by atoms with E-state index in [1.54, 1.807) is 0 Å². The lowest BCUT2D eigenvalue weighted by Crippen LogP contribution is -2.53. The SMILES string of the molecule is CCCCCCCCC(=O)NC1(CCl)CCOCC1. The van der Waals surface area contributed by atoms with Crippen molar-refractivity contribution in [2.75, 3.05) is 19.1 Å². The number of carbonyl (C=O) groups is 1. The van der Waals surface area contributed by atoms with Gasteiger partial charge in [0.15, 0.2) is 0 Å². The van der Waals surface area contributed by atoms with E-state index in [4.69, 9.17) is 16.3 Å². The molecule has 1 N–H and O–H groups in total. The van der Waals surface area contributed by atoms with Gasteiger partial charge in [0.1, 0.15) is 0 Å². The maximum absolute atomic E-state index is 12.0. The van der Waals surface area contributed by atoms with Crippen LogP contribution in [0.15, 0.2) is 0 Å². The first kappa shape index (κ1) is 16.8. The fraction of sp³-hybridized carbons (Fsp3) is 0.933. The van der Waals surface area contributed by atoms with Gasteiger partial charge in [-0.1, -0.05) is 39.0 Å². The van der Waals surface area contributed by atoms with Gasteiger partial charge in [0.05, 0.1) is 5.54 Å². The van der Waals surface area contributed by atoms with E-state index in [0.29, 0.717) is 25.5 Å². The lowest BCUT2D eigenvalue weighted by Gasteiger charge is -2.36. The average molecular weight is 290 g/mol. The molecule has 1 fully saturated rings. The Balaban J connectivity index is 2.15. The molecule has 3 nitrogen and oxygen atoms in total. The number of hydrogen-bond acceptors (Lipinski definition) is 2. The summed E-state index contributed by atoms with van der Waals surface area (Å²) in [5, 5.41) is 3.13. The highest BCUT2D eigenvalue weighted by Crippen LogP contribution is 2.22. The molecule has 1 aliphatic rings. The van der Waals surface area contributed by atoms with Crippen LogP contribution in [-0.2, 0) is 9.53 Å². The molecule has 0 spiro atoms. The molecule has 0 atom stereocenters. The summed E-state index contributed by atoms with van der Waals surface area (Å²) < 4.78 is 5.33. The van der Waals surface area contributed by atoms with E-state index in [2.05, 4.69) is 12.2 Å². The Morgan fingerprint density at radius 2 is 1.79 bits per heavy atom. The van der Waals surface area contributed by atoms with Crippen molar-refractivity contribution in [2.45, 2.75) is 70.3 Å². The number of rotatable bonds is 9. The first-order valence-corrected chi connectivity index (χ1v) is 8.20. The molecule has 0 saturated carbocycles. The Hall–Kier alpha value is -0.280. The highest BCUT2D eigenvalue weighted by atomic mass is 35.5. The van der Waals surface area contributed by atoms with Gasteiger partial charge in [-0.25, -0.2) is 0 Å². The van der Waals surface area contributed by atoms with Gasteiger partial charge in [-0.05, 0) is 19.3 Å². The van der Waals surface area contributed by atoms with Crippen LogP contribution < -0.4 is 5.32 Å². The van der Waals surface area contributed by atoms with Crippen molar-refractivity contribution in [1.82, 2.24) is 5.32 Å². The number of halogens is 1. The van der Waals surface area contributed by atoms with E-state index < -0.39 is 0 Å². The average Bonchev–Trinajstić information content (AvgIpc) is 2.43. The third-order valence-corrected chi connectivity index (χ3v) is 4.38. The Bertz CT molecular complexity index is 253. The quantitative estimate of drug-likeness (QED) is 0.520. The topological polar surface area (TPSA) is 38.3 Å². The molecule has 0 aromatic carbocycles. The third-order valence-electron chi connectivity index (χ3n) is 3.87. The van der Waals surface area contributed by atoms with Crippen LogP contribution in [0.5, 0.6) is 0 Å². The number of unbranched alkanes of at least 4 members (excludes halogenated alkanes) is 5. The minimum atomic E-state index is -0.223. The predicted octanol–water partition coefficient (Wildman–Crippen LogP) is 3.64. The number of carbonyl (C=O) groups excluding carboxylic acids is 1. The van der Waals surface area contributed by atoms with Crippen molar-refractivity contribution in [3.8, 4) is 0 Å². The normalized spacial score (nSPS) is 18.2. The molecule has 1 aliphatic heterocycles. The molecule has 1 heterocycles. The van der Waals surface area contributed by atoms with Crippen LogP contribution in [0.25, 0.3) is 0 Å². The number of nitrogens with one attached hydrogen (secondary N) is 1. The Kier molecular flexibility index (Phi) is 8.47. The molecule has 19 heavy (non-hydrogen) atoms. The Morgan fingerprint density at radius 1 is 1.16 bits per heavy atom. The largest absolute Gasteiger partial charge is 0.381 e. The summed E-state index contributed by atoms with van der Waals surface area (Å²) in [5.41, 5.74) is -0.223. The fourth-order valence-corrected chi connectivity index (χ4v) is 2.81. The number of alkyl halides is 1. The molecule has 1 rings (SSSR count). The van der Waals surface area contributed by atoms with Crippen LogP contribution >= 0.6 is 11.6 Å². The minimum Gasteiger partial charge on any atom is -0.381 e. The molecule has 0 radical (unpaired) electrons. The summed E-state index contributed by atoms with van der Waals surface area (Å²) in [6.07, 6.45) is 9.55. The summed E-state index contributed by atoms with van der Waals surface area (Å²) in [4.78, 5) is 12.0. The summed E-state index contributed by atoms with van der Waals surface area (Å²) in [5.74, 6) is 0.636. The second-order valence-electron chi connectivity index (χ2n) is 5.59. The zero-order valence-electron chi connectivity index (χ0n) is 12.2. The monoisotopic (exact) mass is 289 g/mol. The molecule has 112 valence electrons. The summed E-state index contributed by atoms with van der Waals surface area (Å²) in [6.45, 7) is 3.61. The smallest absolute Gasteiger partial charge is 0.220 e. The van der Waals surface area contributed by atoms with Gasteiger partial charge in [-0.2, -0.15) is 0 Å². The number of amides is 1. The van der Waals surface area contributed by atoms with Crippen molar-refractivity contribution in [2.24, 2.45) is 0 Å². The Morgan fingerprint density at radius 3 is 2.42 bits per heavy atom. The van der Waals surface area contributed by atoms with Gasteiger partial charge in [-0.3, -0.25) is 4.79 Å². The maximum Gasteiger partial charge on any atom is 0.220 e. The van der Waals surface area contributed by atoms with Crippen LogP contribution in [0.4, 0.5) is 0 Å². The second-order valence-corrected chi connectivity index (χ2v) is 5.86. The molecule has 4 heteroatoms. The molecular formula is C15H28ClNO2. The summed E-state index contributed by atoms with van der Waals surface area (Å²) in [6, 6.07) is 0. The summed E-state index contributed by atoms with van der Waals surface area (Å²) in [7, 11) is 0. The van der Waals surface area contributed by atoms with E-state index in [1.807, 2.05) is 0 Å². The first-order chi connectivity index (χ1) is 9.22. The van der Waals surface area contributed by atoms with E-state index >= 15 is 0 Å². The molecule has 0 aliphatic carbocycles. The molecular weight excluding hydrogens is 262 g/mol. The molecule has 0 bridgehead atoms. The molecule has 0 unspecified atom stereocenters. The zero-order chi connectivity index (χ0) is 14.0. The van der Waals surface area contributed by atoms with Crippen molar-refractivity contribution in [3.63, 3.8) is 0 Å². The van der Waals surface area contributed by atoms with Gasteiger partial charge >= 0.3 is 0 Å². The maximum atomic E-state index is 12.0. The highest BCUT2D eigenvalue weighted by molar-refractivity contribution is 6.18. The van der Waals surface area contributed by atoms with Gasteiger partial charge < -0.3 is 10.1 Å². The van der Waals surface area contributed by atoms with E-state index in [1.165, 1.54) is 25.7 Å². The first-order valence-electron chi connectivity index (χ1n) is 7.67. The third kappa shape index (κ3) is 6.62. The van der Waals surface area contributed by atoms with E-state index in [-0.39, 0.29) is 11.4 Å². The molecule has 1 amide bonds. The van der Waals surface area contributed by atoms with Crippen molar-refractivity contribution in [3.05, 3.63) is 0 Å². The van der Waals surface area contributed by atoms with E-state index in [9.17, 15) is 4.79 Å².